The van der Waals surface area contributed by atoms with Gasteiger partial charge in [-0.05, 0) is 44.9 Å². The van der Waals surface area contributed by atoms with Gasteiger partial charge in [-0.25, -0.2) is 4.39 Å². The van der Waals surface area contributed by atoms with Crippen LogP contribution >= 0.6 is 0 Å². The molecule has 2 aromatic rings. The summed E-state index contributed by atoms with van der Waals surface area (Å²) in [6.45, 7) is 7.75. The van der Waals surface area contributed by atoms with Crippen molar-refractivity contribution < 1.29 is 18.7 Å². The van der Waals surface area contributed by atoms with Gasteiger partial charge in [-0.3, -0.25) is 9.59 Å². The first kappa shape index (κ1) is 22.4. The van der Waals surface area contributed by atoms with Gasteiger partial charge in [0.2, 0.25) is 5.91 Å². The molecule has 0 bridgehead atoms. The molecule has 0 unspecified atom stereocenters. The molecule has 2 amide bonds. The summed E-state index contributed by atoms with van der Waals surface area (Å²) in [7, 11) is 0. The first-order valence-electron chi connectivity index (χ1n) is 9.84. The molecule has 1 N–H and O–H groups in total. The van der Waals surface area contributed by atoms with Crippen molar-refractivity contribution in [3.8, 4) is 5.75 Å². The second-order valence-electron chi connectivity index (χ2n) is 7.14. The fraction of sp³-hybridized carbons (Fsp3) is 0.391. The number of aryl methyl sites for hydroxylation is 2. The number of nitrogens with zero attached hydrogens (tertiary/aromatic N) is 1. The Morgan fingerprint density at radius 1 is 1.17 bits per heavy atom. The minimum absolute atomic E-state index is 0.0115. The molecule has 0 saturated heterocycles. The van der Waals surface area contributed by atoms with Gasteiger partial charge < -0.3 is 15.0 Å². The quantitative estimate of drug-likeness (QED) is 0.697. The average Bonchev–Trinajstić information content (AvgIpc) is 2.70. The third-order valence-corrected chi connectivity index (χ3v) is 4.70. The van der Waals surface area contributed by atoms with Crippen LogP contribution in [0.15, 0.2) is 42.5 Å². The highest BCUT2D eigenvalue weighted by atomic mass is 19.1. The largest absolute Gasteiger partial charge is 0.483 e. The topological polar surface area (TPSA) is 58.6 Å². The number of hydrogen-bond acceptors (Lipinski definition) is 3. The van der Waals surface area contributed by atoms with Crippen LogP contribution in [0, 0.1) is 19.7 Å². The zero-order valence-corrected chi connectivity index (χ0v) is 17.5. The van der Waals surface area contributed by atoms with E-state index in [4.69, 9.17) is 4.74 Å². The molecule has 0 fully saturated rings. The molecule has 0 aromatic heterocycles. The van der Waals surface area contributed by atoms with Crippen LogP contribution in [0.2, 0.25) is 0 Å². The SMILES string of the molecule is CCCNC(=O)[C@H](C)N(Cc1ccccc1F)C(=O)COc1ccc(C)cc1C. The highest BCUT2D eigenvalue weighted by Crippen LogP contribution is 2.19. The Balaban J connectivity index is 2.17. The van der Waals surface area contributed by atoms with E-state index in [1.165, 1.54) is 11.0 Å². The lowest BCUT2D eigenvalue weighted by molar-refractivity contribution is -0.142. The van der Waals surface area contributed by atoms with Gasteiger partial charge in [-0.2, -0.15) is 0 Å². The van der Waals surface area contributed by atoms with E-state index in [2.05, 4.69) is 5.32 Å². The van der Waals surface area contributed by atoms with E-state index in [0.717, 1.165) is 17.5 Å². The second kappa shape index (κ2) is 10.6. The molecule has 1 atom stereocenters. The van der Waals surface area contributed by atoms with E-state index in [9.17, 15) is 14.0 Å². The molecule has 2 rings (SSSR count). The number of amides is 2. The van der Waals surface area contributed by atoms with Gasteiger partial charge in [-0.1, -0.05) is 42.8 Å². The first-order valence-corrected chi connectivity index (χ1v) is 9.84. The molecule has 6 heteroatoms. The Hall–Kier alpha value is -2.89. The van der Waals surface area contributed by atoms with E-state index >= 15 is 0 Å². The summed E-state index contributed by atoms with van der Waals surface area (Å²) < 4.78 is 19.8. The van der Waals surface area contributed by atoms with Crippen LogP contribution in [0.25, 0.3) is 0 Å². The molecule has 0 heterocycles. The molecule has 0 radical (unpaired) electrons. The highest BCUT2D eigenvalue weighted by molar-refractivity contribution is 5.87. The Morgan fingerprint density at radius 2 is 1.90 bits per heavy atom. The van der Waals surface area contributed by atoms with Gasteiger partial charge >= 0.3 is 0 Å². The maximum Gasteiger partial charge on any atom is 0.261 e. The Morgan fingerprint density at radius 3 is 2.55 bits per heavy atom. The van der Waals surface area contributed by atoms with Gasteiger partial charge in [0.15, 0.2) is 6.61 Å². The Labute approximate surface area is 171 Å². The van der Waals surface area contributed by atoms with Crippen molar-refractivity contribution in [1.82, 2.24) is 10.2 Å². The Kier molecular flexibility index (Phi) is 8.19. The smallest absolute Gasteiger partial charge is 0.261 e. The van der Waals surface area contributed by atoms with E-state index in [1.807, 2.05) is 39.0 Å². The van der Waals surface area contributed by atoms with Crippen LogP contribution in [-0.4, -0.2) is 35.9 Å². The molecule has 0 spiro atoms. The van der Waals surface area contributed by atoms with Crippen LogP contribution in [0.5, 0.6) is 5.75 Å². The van der Waals surface area contributed by atoms with E-state index in [1.54, 1.807) is 25.1 Å². The fourth-order valence-corrected chi connectivity index (χ4v) is 2.97. The number of carbonyl (C=O) groups is 2. The van der Waals surface area contributed by atoms with Crippen molar-refractivity contribution in [3.05, 3.63) is 65.0 Å². The summed E-state index contributed by atoms with van der Waals surface area (Å²) >= 11 is 0. The summed E-state index contributed by atoms with van der Waals surface area (Å²) in [4.78, 5) is 26.7. The normalized spacial score (nSPS) is 11.6. The molecule has 0 aliphatic carbocycles. The minimum atomic E-state index is -0.753. The van der Waals surface area contributed by atoms with Crippen molar-refractivity contribution in [2.24, 2.45) is 0 Å². The third-order valence-electron chi connectivity index (χ3n) is 4.70. The molecule has 0 aliphatic rings. The number of nitrogens with one attached hydrogen (secondary N) is 1. The molecule has 0 aliphatic heterocycles. The van der Waals surface area contributed by atoms with E-state index in [0.29, 0.717) is 17.9 Å². The van der Waals surface area contributed by atoms with Gasteiger partial charge in [0, 0.05) is 18.7 Å². The summed E-state index contributed by atoms with van der Waals surface area (Å²) in [5.41, 5.74) is 2.37. The molecule has 5 nitrogen and oxygen atoms in total. The van der Waals surface area contributed by atoms with Crippen LogP contribution in [-0.2, 0) is 16.1 Å². The molecule has 0 saturated carbocycles. The standard InChI is InChI=1S/C23H29FN2O3/c1-5-12-25-23(28)18(4)26(14-19-8-6-7-9-20(19)24)22(27)15-29-21-11-10-16(2)13-17(21)3/h6-11,13,18H,5,12,14-15H2,1-4H3,(H,25,28)/t18-/m0/s1. The van der Waals surface area contributed by atoms with Gasteiger partial charge in [-0.15, -0.1) is 0 Å². The lowest BCUT2D eigenvalue weighted by Gasteiger charge is -2.29. The average molecular weight is 400 g/mol. The van der Waals surface area contributed by atoms with Crippen molar-refractivity contribution in [2.75, 3.05) is 13.2 Å². The maximum absolute atomic E-state index is 14.2. The number of ether oxygens (including phenoxy) is 1. The van der Waals surface area contributed by atoms with Crippen LogP contribution in [0.1, 0.15) is 37.0 Å². The van der Waals surface area contributed by atoms with Crippen molar-refractivity contribution in [2.45, 2.75) is 46.7 Å². The highest BCUT2D eigenvalue weighted by Gasteiger charge is 2.27. The zero-order chi connectivity index (χ0) is 21.4. The molecular weight excluding hydrogens is 371 g/mol. The number of carbonyl (C=O) groups excluding carboxylic acids is 2. The second-order valence-corrected chi connectivity index (χ2v) is 7.14. The van der Waals surface area contributed by atoms with Gasteiger partial charge in [0.25, 0.3) is 5.91 Å². The van der Waals surface area contributed by atoms with Crippen LogP contribution in [0.4, 0.5) is 4.39 Å². The van der Waals surface area contributed by atoms with E-state index in [-0.39, 0.29) is 25.0 Å². The predicted octanol–water partition coefficient (Wildman–Crippen LogP) is 3.76. The Bertz CT molecular complexity index is 854. The fourth-order valence-electron chi connectivity index (χ4n) is 2.97. The molecule has 156 valence electrons. The molecular formula is C23H29FN2O3. The third kappa shape index (κ3) is 6.31. The summed E-state index contributed by atoms with van der Waals surface area (Å²) in [6.07, 6.45) is 0.787. The molecule has 2 aromatic carbocycles. The van der Waals surface area contributed by atoms with E-state index < -0.39 is 11.9 Å². The number of halogens is 1. The molecule has 29 heavy (non-hydrogen) atoms. The van der Waals surface area contributed by atoms with Crippen LogP contribution < -0.4 is 10.1 Å². The van der Waals surface area contributed by atoms with Crippen molar-refractivity contribution in [3.63, 3.8) is 0 Å². The maximum atomic E-state index is 14.2. The van der Waals surface area contributed by atoms with Crippen molar-refractivity contribution in [1.29, 1.82) is 0 Å². The zero-order valence-electron chi connectivity index (χ0n) is 17.5. The van der Waals surface area contributed by atoms with Crippen molar-refractivity contribution >= 4 is 11.8 Å². The summed E-state index contributed by atoms with van der Waals surface area (Å²) in [5, 5.41) is 2.79. The first-order chi connectivity index (χ1) is 13.8. The van der Waals surface area contributed by atoms with Gasteiger partial charge in [0.05, 0.1) is 0 Å². The van der Waals surface area contributed by atoms with Gasteiger partial charge in [0.1, 0.15) is 17.6 Å². The summed E-state index contributed by atoms with van der Waals surface area (Å²) in [5.74, 6) is -0.463. The predicted molar refractivity (Wildman–Crippen MR) is 111 cm³/mol. The summed E-state index contributed by atoms with van der Waals surface area (Å²) in [6, 6.07) is 11.2. The van der Waals surface area contributed by atoms with Crippen LogP contribution in [0.3, 0.4) is 0 Å². The number of benzene rings is 2. The monoisotopic (exact) mass is 400 g/mol. The lowest BCUT2D eigenvalue weighted by atomic mass is 10.1. The number of hydrogen-bond donors (Lipinski definition) is 1. The lowest BCUT2D eigenvalue weighted by Crippen LogP contribution is -2.49. The number of rotatable bonds is 9. The minimum Gasteiger partial charge on any atom is -0.483 e.